The number of ether oxygens (including phenoxy) is 1. The average molecular weight is 475 g/mol. The molecule has 31 heavy (non-hydrogen) atoms. The summed E-state index contributed by atoms with van der Waals surface area (Å²) in [5.74, 6) is 0.617. The van der Waals surface area contributed by atoms with Crippen LogP contribution in [-0.4, -0.2) is 27.3 Å². The van der Waals surface area contributed by atoms with E-state index >= 15 is 0 Å². The summed E-state index contributed by atoms with van der Waals surface area (Å²) in [6.45, 7) is 0.554. The molecule has 1 amide bonds. The van der Waals surface area contributed by atoms with Gasteiger partial charge in [0.2, 0.25) is 0 Å². The van der Waals surface area contributed by atoms with Crippen molar-refractivity contribution in [2.75, 3.05) is 6.61 Å². The monoisotopic (exact) mass is 474 g/mol. The molecule has 4 aromatic rings. The molecule has 1 atom stereocenters. The molecule has 1 N–H and O–H groups in total. The molecule has 2 aromatic heterocycles. The third-order valence-corrected chi connectivity index (χ3v) is 5.72. The molecule has 0 bridgehead atoms. The minimum atomic E-state index is -0.182. The fourth-order valence-electron chi connectivity index (χ4n) is 3.72. The lowest BCUT2D eigenvalue weighted by molar-refractivity contribution is 0.0925. The number of nitrogens with zero attached hydrogens (tertiary/aromatic N) is 3. The first-order chi connectivity index (χ1) is 15.2. The lowest BCUT2D eigenvalue weighted by atomic mass is 10.00. The highest BCUT2D eigenvalue weighted by molar-refractivity contribution is 9.10. The number of benzene rings is 2. The molecule has 1 aliphatic rings. The maximum absolute atomic E-state index is 13.4. The zero-order valence-corrected chi connectivity index (χ0v) is 18.1. The van der Waals surface area contributed by atoms with Crippen LogP contribution in [0.4, 0.5) is 0 Å². The van der Waals surface area contributed by atoms with E-state index in [0.717, 1.165) is 27.0 Å². The van der Waals surface area contributed by atoms with E-state index in [1.54, 1.807) is 23.3 Å². The molecule has 154 valence electrons. The van der Waals surface area contributed by atoms with E-state index in [0.29, 0.717) is 24.3 Å². The smallest absolute Gasteiger partial charge is 0.255 e. The molecule has 5 rings (SSSR count). The zero-order chi connectivity index (χ0) is 21.2. The lowest BCUT2D eigenvalue weighted by Gasteiger charge is -2.27. The molecule has 0 aliphatic carbocycles. The van der Waals surface area contributed by atoms with Crippen LogP contribution >= 0.6 is 15.9 Å². The van der Waals surface area contributed by atoms with Gasteiger partial charge in [-0.25, -0.2) is 4.68 Å². The molecular formula is C24H19BrN4O2. The maximum atomic E-state index is 13.4. The predicted molar refractivity (Wildman–Crippen MR) is 121 cm³/mol. The van der Waals surface area contributed by atoms with E-state index in [4.69, 9.17) is 9.84 Å². The minimum absolute atomic E-state index is 0.143. The van der Waals surface area contributed by atoms with Gasteiger partial charge in [-0.05, 0) is 42.5 Å². The summed E-state index contributed by atoms with van der Waals surface area (Å²) >= 11 is 3.51. The summed E-state index contributed by atoms with van der Waals surface area (Å²) in [5, 5.41) is 7.89. The van der Waals surface area contributed by atoms with Crippen molar-refractivity contribution in [1.82, 2.24) is 20.1 Å². The molecular weight excluding hydrogens is 456 g/mol. The van der Waals surface area contributed by atoms with Crippen molar-refractivity contribution in [1.29, 1.82) is 0 Å². The number of pyridine rings is 1. The van der Waals surface area contributed by atoms with Gasteiger partial charge in [-0.15, -0.1) is 0 Å². The van der Waals surface area contributed by atoms with Crippen LogP contribution in [0.15, 0.2) is 83.7 Å². The van der Waals surface area contributed by atoms with E-state index in [1.807, 2.05) is 60.7 Å². The molecule has 2 aromatic carbocycles. The van der Waals surface area contributed by atoms with E-state index in [-0.39, 0.29) is 11.9 Å². The first kappa shape index (κ1) is 19.5. The Morgan fingerprint density at radius 3 is 2.81 bits per heavy atom. The minimum Gasteiger partial charge on any atom is -0.493 e. The van der Waals surface area contributed by atoms with Crippen LogP contribution in [-0.2, 0) is 0 Å². The highest BCUT2D eigenvalue weighted by atomic mass is 79.9. The normalized spacial score (nSPS) is 15.1. The number of amides is 1. The van der Waals surface area contributed by atoms with Crippen LogP contribution in [0.2, 0.25) is 0 Å². The number of nitrogens with one attached hydrogen (secondary N) is 1. The fraction of sp³-hybridized carbons (Fsp3) is 0.125. The van der Waals surface area contributed by atoms with Crippen LogP contribution in [0.1, 0.15) is 28.4 Å². The Hall–Kier alpha value is -3.45. The molecule has 0 fully saturated rings. The van der Waals surface area contributed by atoms with Gasteiger partial charge < -0.3 is 10.1 Å². The van der Waals surface area contributed by atoms with Crippen LogP contribution in [0.3, 0.4) is 0 Å². The van der Waals surface area contributed by atoms with Crippen molar-refractivity contribution in [2.24, 2.45) is 0 Å². The van der Waals surface area contributed by atoms with Crippen LogP contribution in [0, 0.1) is 0 Å². The molecule has 0 saturated heterocycles. The summed E-state index contributed by atoms with van der Waals surface area (Å²) in [6, 6.07) is 19.2. The average Bonchev–Trinajstić information content (AvgIpc) is 3.26. The van der Waals surface area contributed by atoms with Crippen molar-refractivity contribution in [3.63, 3.8) is 0 Å². The second kappa shape index (κ2) is 8.35. The summed E-state index contributed by atoms with van der Waals surface area (Å²) in [7, 11) is 0. The molecule has 0 saturated carbocycles. The van der Waals surface area contributed by atoms with Gasteiger partial charge in [0.1, 0.15) is 11.4 Å². The fourth-order valence-corrected chi connectivity index (χ4v) is 4.10. The zero-order valence-electron chi connectivity index (χ0n) is 16.5. The number of hydrogen-bond donors (Lipinski definition) is 1. The van der Waals surface area contributed by atoms with Gasteiger partial charge in [0.25, 0.3) is 5.91 Å². The Kier molecular flexibility index (Phi) is 5.26. The Morgan fingerprint density at radius 2 is 2.00 bits per heavy atom. The molecule has 7 heteroatoms. The number of rotatable bonds is 4. The first-order valence-electron chi connectivity index (χ1n) is 9.97. The van der Waals surface area contributed by atoms with Crippen molar-refractivity contribution in [2.45, 2.75) is 12.5 Å². The van der Waals surface area contributed by atoms with Crippen LogP contribution in [0.5, 0.6) is 5.75 Å². The van der Waals surface area contributed by atoms with Gasteiger partial charge in [-0.2, -0.15) is 5.10 Å². The SMILES string of the molecule is O=C(NC1CCOc2ccc(Br)cc21)c1cn(-c2ccccc2)nc1-c1cccnc1. The predicted octanol–water partition coefficient (Wildman–Crippen LogP) is 4.95. The number of para-hydroxylation sites is 1. The second-order valence-electron chi connectivity index (χ2n) is 7.26. The molecule has 1 unspecified atom stereocenters. The Balaban J connectivity index is 1.52. The van der Waals surface area contributed by atoms with E-state index in [9.17, 15) is 4.79 Å². The Bertz CT molecular complexity index is 1230. The Labute approximate surface area is 188 Å². The standard InChI is InChI=1S/C24H19BrN4O2/c25-17-8-9-22-19(13-17)21(10-12-31-22)27-24(30)20-15-29(18-6-2-1-3-7-18)28-23(20)16-5-4-11-26-14-16/h1-9,11,13-15,21H,10,12H2,(H,27,30). The third kappa shape index (κ3) is 3.96. The number of carbonyl (C=O) groups excluding carboxylic acids is 1. The highest BCUT2D eigenvalue weighted by Gasteiger charge is 2.26. The third-order valence-electron chi connectivity index (χ3n) is 5.23. The number of aromatic nitrogens is 3. The summed E-state index contributed by atoms with van der Waals surface area (Å²) in [5.41, 5.74) is 3.73. The van der Waals surface area contributed by atoms with Gasteiger partial charge in [-0.1, -0.05) is 34.1 Å². The van der Waals surface area contributed by atoms with Crippen molar-refractivity contribution >= 4 is 21.8 Å². The van der Waals surface area contributed by atoms with Gasteiger partial charge in [-0.3, -0.25) is 9.78 Å². The van der Waals surface area contributed by atoms with E-state index < -0.39 is 0 Å². The first-order valence-corrected chi connectivity index (χ1v) is 10.8. The van der Waals surface area contributed by atoms with Gasteiger partial charge in [0, 0.05) is 40.6 Å². The van der Waals surface area contributed by atoms with Gasteiger partial charge >= 0.3 is 0 Å². The quantitative estimate of drug-likeness (QED) is 0.454. The van der Waals surface area contributed by atoms with Gasteiger partial charge in [0.05, 0.1) is 23.9 Å². The molecule has 1 aliphatic heterocycles. The highest BCUT2D eigenvalue weighted by Crippen LogP contribution is 2.34. The summed E-state index contributed by atoms with van der Waals surface area (Å²) in [4.78, 5) is 17.6. The topological polar surface area (TPSA) is 69.0 Å². The Morgan fingerprint density at radius 1 is 1.13 bits per heavy atom. The second-order valence-corrected chi connectivity index (χ2v) is 8.17. The molecule has 3 heterocycles. The maximum Gasteiger partial charge on any atom is 0.255 e. The van der Waals surface area contributed by atoms with Crippen LogP contribution < -0.4 is 10.1 Å². The largest absolute Gasteiger partial charge is 0.493 e. The van der Waals surface area contributed by atoms with Crippen molar-refractivity contribution in [3.05, 3.63) is 94.9 Å². The number of halogens is 1. The van der Waals surface area contributed by atoms with Crippen molar-refractivity contribution < 1.29 is 9.53 Å². The van der Waals surface area contributed by atoms with Crippen LogP contribution in [0.25, 0.3) is 16.9 Å². The van der Waals surface area contributed by atoms with Gasteiger partial charge in [0.15, 0.2) is 0 Å². The van der Waals surface area contributed by atoms with Crippen molar-refractivity contribution in [3.8, 4) is 22.7 Å². The number of fused-ring (bicyclic) bond motifs is 1. The number of carbonyl (C=O) groups is 1. The number of hydrogen-bond acceptors (Lipinski definition) is 4. The van der Waals surface area contributed by atoms with E-state index in [1.165, 1.54) is 0 Å². The molecule has 0 radical (unpaired) electrons. The molecule has 0 spiro atoms. The molecule has 6 nitrogen and oxygen atoms in total. The van der Waals surface area contributed by atoms with E-state index in [2.05, 4.69) is 26.2 Å². The summed E-state index contributed by atoms with van der Waals surface area (Å²) < 4.78 is 8.43. The summed E-state index contributed by atoms with van der Waals surface area (Å²) in [6.07, 6.45) is 5.89. The lowest BCUT2D eigenvalue weighted by Crippen LogP contribution is -2.32.